The van der Waals surface area contributed by atoms with Gasteiger partial charge >= 0.3 is 11.9 Å². The van der Waals surface area contributed by atoms with E-state index in [1.807, 2.05) is 26.0 Å². The number of carbonyl (C=O) groups excluding carboxylic acids is 5. The molecule has 3 aliphatic heterocycles. The number of nitrogens with one attached hydrogen (secondary N) is 1. The van der Waals surface area contributed by atoms with Crippen molar-refractivity contribution in [1.29, 1.82) is 0 Å². The number of nitrogens with zero attached hydrogens (tertiary/aromatic N) is 1. The van der Waals surface area contributed by atoms with E-state index < -0.39 is 89.8 Å². The number of amides is 1. The number of carbonyl (C=O) groups is 5. The molecule has 0 unspecified atom stereocenters. The minimum atomic E-state index is -2.55. The number of allylic oxidation sites excluding steroid dienone is 4. The summed E-state index contributed by atoms with van der Waals surface area (Å²) in [6.45, 7) is 12.7. The first-order valence-corrected chi connectivity index (χ1v) is 36.7. The van der Waals surface area contributed by atoms with E-state index in [0.717, 1.165) is 10.5 Å². The van der Waals surface area contributed by atoms with E-state index in [4.69, 9.17) is 45.4 Å². The second-order valence-electron chi connectivity index (χ2n) is 24.9. The molecule has 4 aliphatic rings. The van der Waals surface area contributed by atoms with Gasteiger partial charge in [-0.15, -0.1) is 6.42 Å². The summed E-state index contributed by atoms with van der Waals surface area (Å²) in [5, 5.41) is 82.2. The van der Waals surface area contributed by atoms with Gasteiger partial charge in [-0.1, -0.05) is 60.5 Å². The number of methoxy groups -OCH3 is 3. The minimum Gasteiger partial charge on any atom is -0.463 e. The molecule has 1 amide bonds. The number of Topliss-reactive ketones (excluding diaryl/α,β-unsaturated/α-hetero) is 2. The maximum atomic E-state index is 14.4. The Bertz CT molecular complexity index is 5480. The number of ketones is 2. The van der Waals surface area contributed by atoms with E-state index in [1.165, 1.54) is 25.9 Å². The molecule has 14 atom stereocenters. The molecule has 6 N–H and O–H groups in total. The molecule has 3 heterocycles. The number of ether oxygens (including phenoxy) is 6. The van der Waals surface area contributed by atoms with Crippen LogP contribution in [0.2, 0.25) is 0 Å². The molecular formula is C94H148N2O28. The number of aliphatic hydroxyl groups excluding tert-OH is 2. The van der Waals surface area contributed by atoms with Gasteiger partial charge in [-0.2, -0.15) is 0 Å². The monoisotopic (exact) mass is 1750 g/mol. The molecular weight excluding hydrogens is 1610 g/mol. The van der Waals surface area contributed by atoms with Crippen molar-refractivity contribution in [3.8, 4) is 273 Å². The highest BCUT2D eigenvalue weighted by Crippen LogP contribution is 2.39. The van der Waals surface area contributed by atoms with Crippen LogP contribution in [-0.4, -0.2) is 149 Å². The van der Waals surface area contributed by atoms with Gasteiger partial charge in [0.1, 0.15) is 24.0 Å². The molecule has 3 fully saturated rings. The summed E-state index contributed by atoms with van der Waals surface area (Å²) in [6, 6.07) is -1.18. The lowest BCUT2D eigenvalue weighted by Crippen LogP contribution is -2.64. The zero-order valence-electron chi connectivity index (χ0n) is 68.7. The van der Waals surface area contributed by atoms with Crippen LogP contribution >= 0.6 is 0 Å². The van der Waals surface area contributed by atoms with Crippen molar-refractivity contribution >= 4 is 29.4 Å². The molecule has 30 nitrogen and oxygen atoms in total. The van der Waals surface area contributed by atoms with Gasteiger partial charge in [0.05, 0.1) is 37.1 Å². The Kier molecular flexibility index (Phi) is 58.8. The summed E-state index contributed by atoms with van der Waals surface area (Å²) in [7, 11) is 4.56. The van der Waals surface area contributed by atoms with Crippen molar-refractivity contribution in [3.63, 3.8) is 0 Å². The Balaban J connectivity index is -0.0000000480. The van der Waals surface area contributed by atoms with E-state index >= 15 is 0 Å². The Labute approximate surface area is 771 Å². The van der Waals surface area contributed by atoms with Crippen molar-refractivity contribution < 1.29 is 187 Å². The first-order chi connectivity index (χ1) is 60.2. The van der Waals surface area contributed by atoms with Gasteiger partial charge in [0.15, 0.2) is 0 Å². The highest BCUT2D eigenvalue weighted by Gasteiger charge is 2.57. The molecule has 124 heavy (non-hydrogen) atoms. The SMILES string of the molecule is C#CC#CC#CC#CC#CC#CC#CC#CC#CC#CC#CC#CC#CC#CC#CC#CC#CC#CC#CC#CC#CC#CC#CC.CCOC(=O)/C=C/C[C@@H]1/C=C(\C)C[C@H](C)C[C@H](OC)[C@H]2O[C@@](O)(C(=O)C(=O)N3CCCC[C@H]3C(=O)O[C@H](/C(C)=C/[C@@H]3CC[C@@H](O)[C@H](OC)C3)[C@H](C)[C@@H](O)CC1=O)[C@H](C)C[C@@H]2OC.OOOOOOONOOOOOOO.[HH].[HH].[HH].[HH].[HH].[HH].[HH].[HH].[HH].[HH].[HH].[HH].[HH].[HH].[HH].[HH].[HH].[HH].[HH].[HH].[HH].[HH].[HH].[HH].[HH].[HH].[HH].[HH].[HH].[HH].[HH].[HH].[HH].[HH]. The standard InChI is InChI=1S/C47H73NO14.C47H4.H3NO14.34H2/c1-10-60-41(52)16-13-14-33-21-27(2)20-28(3)22-39(58-8)43-40(59-9)24-30(5)47(56,62-43)44(53)45(54)48-19-12-11-15-34(48)46(55)61-42(31(6)36(50)26-37(33)51)29(4)23-32-17-18-35(49)38(25-32)57-7;1-3-5-7-9-11-13-15-17-19-21-23-25-27-29-31-33-35-37-39-41-43-45-47-46-44-42-40-38-36-34-32-30-28-26-24-22-20-18-16-14-12-10-8-6-4-2;2-6-10-14-12-8-4-1-5-9-13-15-11-7-3;;;;;;;;;;;;;;;;;;;;;;;;;;;;;;;;;;/h13,16,21,23,28,30-36,38-40,42-43,49-50,56H,10-12,14-15,17-20,22,24-26H2,1-9H3;1H,2H3;1-3H;34*1H/b16-13+,27-21+,29-23+;;;;;;;;;;;;;;;;;;;;;;;;;;;;;;;;;;;;/t28-,30+,31+,32-,33+,34-,35+,36-,38+,39-,40-,42+,43+,47+;;;;;;;;;;;;;;;;;;;;;;;;;;;;;;;;;;;;/m0..................................../s1. The van der Waals surface area contributed by atoms with Crippen molar-refractivity contribution in [2.24, 2.45) is 29.6 Å². The fourth-order valence-electron chi connectivity index (χ4n) is 11.3. The van der Waals surface area contributed by atoms with Crippen LogP contribution in [0.25, 0.3) is 0 Å². The van der Waals surface area contributed by atoms with Crippen molar-refractivity contribution in [2.45, 2.75) is 174 Å². The quantitative estimate of drug-likeness (QED) is 0.00908. The van der Waals surface area contributed by atoms with Crippen LogP contribution < -0.4 is 5.64 Å². The Hall–Kier alpha value is -14.0. The number of fused-ring (bicyclic) bond motifs is 3. The highest BCUT2D eigenvalue weighted by atomic mass is 17.9. The number of hydrogen-bond acceptors (Lipinski definition) is 29. The molecule has 30 heteroatoms. The summed E-state index contributed by atoms with van der Waals surface area (Å²) in [4.78, 5) is 77.9. The van der Waals surface area contributed by atoms with E-state index in [9.17, 15) is 39.3 Å². The lowest BCUT2D eigenvalue weighted by atomic mass is 9.81. The fourth-order valence-corrected chi connectivity index (χ4v) is 11.3. The maximum Gasteiger partial charge on any atom is 0.330 e. The third-order valence-corrected chi connectivity index (χ3v) is 16.6. The molecule has 4 rings (SSSR count). The summed E-state index contributed by atoms with van der Waals surface area (Å²) >= 11 is 0. The van der Waals surface area contributed by atoms with Crippen LogP contribution in [0.5, 0.6) is 0 Å². The van der Waals surface area contributed by atoms with Gasteiger partial charge in [0, 0.05) is 272 Å². The number of aliphatic hydroxyl groups is 3. The van der Waals surface area contributed by atoms with Crippen LogP contribution in [0.1, 0.15) is 168 Å². The molecule has 0 aromatic rings. The van der Waals surface area contributed by atoms with Crippen molar-refractivity contribution in [1.82, 2.24) is 10.5 Å². The second kappa shape index (κ2) is 68.7. The van der Waals surface area contributed by atoms with Crippen molar-refractivity contribution in [3.05, 3.63) is 35.5 Å². The molecule has 0 spiro atoms. The van der Waals surface area contributed by atoms with Crippen LogP contribution in [0.4, 0.5) is 0 Å². The normalized spacial score (nSPS) is 22.1. The summed E-state index contributed by atoms with van der Waals surface area (Å²) in [6.07, 6.45) is 9.98. The van der Waals surface area contributed by atoms with Crippen molar-refractivity contribution in [2.75, 3.05) is 34.5 Å². The molecule has 0 radical (unpaired) electrons. The third kappa shape index (κ3) is 47.1. The zero-order chi connectivity index (χ0) is 90.9. The molecule has 1 saturated carbocycles. The average molecular weight is 1750 g/mol. The number of cyclic esters (lactones) is 1. The predicted octanol–water partition coefficient (Wildman–Crippen LogP) is 12.4. The lowest BCUT2D eigenvalue weighted by molar-refractivity contribution is -0.816. The first-order valence-electron chi connectivity index (χ1n) is 36.7. The molecule has 0 aromatic heterocycles. The van der Waals surface area contributed by atoms with Gasteiger partial charge in [0.25, 0.3) is 11.7 Å². The average Bonchev–Trinajstić information content (AvgIpc) is 0.780. The largest absolute Gasteiger partial charge is 0.463 e. The molecule has 0 aromatic carbocycles. The first kappa shape index (κ1) is 106. The fraction of sp³-hybridized carbons (Fsp3) is 0.394. The molecule has 702 valence electrons. The summed E-state index contributed by atoms with van der Waals surface area (Å²) < 4.78 is 34.9. The predicted molar refractivity (Wildman–Crippen MR) is 507 cm³/mol. The van der Waals surface area contributed by atoms with E-state index in [0.29, 0.717) is 50.5 Å². The Morgan fingerprint density at radius 2 is 1.00 bits per heavy atom. The molecule has 2 bridgehead atoms. The van der Waals surface area contributed by atoms with E-state index in [1.54, 1.807) is 47.8 Å². The van der Waals surface area contributed by atoms with E-state index in [-0.39, 0.29) is 111 Å². The summed E-state index contributed by atoms with van der Waals surface area (Å²) in [5.41, 5.74) is 2.85. The van der Waals surface area contributed by atoms with E-state index in [2.05, 4.69) is 327 Å². The van der Waals surface area contributed by atoms with Gasteiger partial charge in [-0.05, 0) is 260 Å². The van der Waals surface area contributed by atoms with Gasteiger partial charge < -0.3 is 48.6 Å². The van der Waals surface area contributed by atoms with Crippen LogP contribution in [0.3, 0.4) is 0 Å². The molecule has 1 aliphatic carbocycles. The number of piperidine rings is 1. The van der Waals surface area contributed by atoms with Gasteiger partial charge in [-0.3, -0.25) is 14.4 Å². The number of hydrogen-bond donors (Lipinski definition) is 6. The van der Waals surface area contributed by atoms with Crippen LogP contribution in [-0.2, 0) is 113 Å². The van der Waals surface area contributed by atoms with Gasteiger partial charge in [-0.25, -0.2) is 20.1 Å². The van der Waals surface area contributed by atoms with Crippen LogP contribution in [0.15, 0.2) is 35.5 Å². The number of rotatable bonds is 21. The highest BCUT2D eigenvalue weighted by molar-refractivity contribution is 6.39. The van der Waals surface area contributed by atoms with Gasteiger partial charge in [0.2, 0.25) is 5.79 Å². The smallest absolute Gasteiger partial charge is 0.330 e. The van der Waals surface area contributed by atoms with Crippen LogP contribution in [0, 0.1) is 302 Å². The topological polar surface area (TPSA) is 368 Å². The zero-order valence-corrected chi connectivity index (χ0v) is 68.7. The second-order valence-corrected chi connectivity index (χ2v) is 24.9. The lowest BCUT2D eigenvalue weighted by Gasteiger charge is -2.47. The minimum absolute atomic E-state index is 0. The third-order valence-electron chi connectivity index (χ3n) is 16.6. The number of esters is 2. The Morgan fingerprint density at radius 3 is 1.42 bits per heavy atom. The Morgan fingerprint density at radius 1 is 0.573 bits per heavy atom. The summed E-state index contributed by atoms with van der Waals surface area (Å²) in [5.74, 6) is 103. The number of terminal acetylenes is 1. The maximum absolute atomic E-state index is 14.4. The molecule has 2 saturated heterocycles.